The predicted molar refractivity (Wildman–Crippen MR) is 74.1 cm³/mol. The molecule has 1 aliphatic carbocycles. The van der Waals surface area contributed by atoms with Gasteiger partial charge >= 0.3 is 0 Å². The number of rotatable bonds is 2. The van der Waals surface area contributed by atoms with Crippen molar-refractivity contribution < 1.29 is 9.84 Å². The van der Waals surface area contributed by atoms with Gasteiger partial charge in [-0.1, -0.05) is 31.5 Å². The second-order valence-corrected chi connectivity index (χ2v) is 5.99. The van der Waals surface area contributed by atoms with Gasteiger partial charge < -0.3 is 9.84 Å². The van der Waals surface area contributed by atoms with Crippen molar-refractivity contribution in [1.82, 2.24) is 0 Å². The van der Waals surface area contributed by atoms with E-state index in [0.717, 1.165) is 24.8 Å². The Labute approximate surface area is 114 Å². The first-order valence-corrected chi connectivity index (χ1v) is 6.90. The molecule has 3 heteroatoms. The highest BCUT2D eigenvalue weighted by Gasteiger charge is 2.37. The van der Waals surface area contributed by atoms with Crippen molar-refractivity contribution in [1.29, 1.82) is 0 Å². The van der Waals surface area contributed by atoms with Crippen LogP contribution in [0.2, 0.25) is 5.02 Å². The zero-order valence-corrected chi connectivity index (χ0v) is 12.0. The number of ether oxygens (including phenoxy) is 1. The molecule has 3 atom stereocenters. The smallest absolute Gasteiger partial charge is 0.137 e. The number of benzene rings is 1. The summed E-state index contributed by atoms with van der Waals surface area (Å²) in [6.07, 6.45) is 2.67. The molecule has 0 spiro atoms. The molecule has 2 nitrogen and oxygen atoms in total. The highest BCUT2D eigenvalue weighted by Crippen LogP contribution is 2.43. The van der Waals surface area contributed by atoms with Crippen LogP contribution < -0.4 is 4.74 Å². The molecule has 3 unspecified atom stereocenters. The first kappa shape index (κ1) is 13.7. The second kappa shape index (κ2) is 5.10. The van der Waals surface area contributed by atoms with Crippen LogP contribution in [0, 0.1) is 11.8 Å². The number of hydrogen-bond donors (Lipinski definition) is 1. The Balaban J connectivity index is 2.30. The maximum Gasteiger partial charge on any atom is 0.137 e. The van der Waals surface area contributed by atoms with Gasteiger partial charge in [0.25, 0.3) is 0 Å². The molecule has 18 heavy (non-hydrogen) atoms. The molecule has 0 bridgehead atoms. The van der Waals surface area contributed by atoms with Crippen molar-refractivity contribution in [3.8, 4) is 5.75 Å². The first-order valence-electron chi connectivity index (χ1n) is 6.52. The number of hydrogen-bond acceptors (Lipinski definition) is 2. The average Bonchev–Trinajstić information content (AvgIpc) is 2.35. The molecule has 0 aromatic heterocycles. The lowest BCUT2D eigenvalue weighted by Gasteiger charge is -2.39. The molecular formula is C15H21ClO2. The Bertz CT molecular complexity index is 433. The third kappa shape index (κ3) is 2.50. The monoisotopic (exact) mass is 268 g/mol. The van der Waals surface area contributed by atoms with E-state index in [-0.39, 0.29) is 0 Å². The van der Waals surface area contributed by atoms with E-state index < -0.39 is 5.60 Å². The lowest BCUT2D eigenvalue weighted by Crippen LogP contribution is -2.35. The Hall–Kier alpha value is -0.730. The third-order valence-corrected chi connectivity index (χ3v) is 4.65. The molecule has 1 aliphatic rings. The third-order valence-electron chi connectivity index (χ3n) is 4.33. The molecule has 0 saturated heterocycles. The molecule has 100 valence electrons. The van der Waals surface area contributed by atoms with E-state index in [1.54, 1.807) is 13.2 Å². The van der Waals surface area contributed by atoms with Crippen molar-refractivity contribution in [2.45, 2.75) is 38.7 Å². The molecular weight excluding hydrogens is 248 g/mol. The van der Waals surface area contributed by atoms with Gasteiger partial charge in [-0.15, -0.1) is 0 Å². The van der Waals surface area contributed by atoms with E-state index in [1.165, 1.54) is 0 Å². The van der Waals surface area contributed by atoms with Crippen LogP contribution >= 0.6 is 11.6 Å². The highest BCUT2D eigenvalue weighted by atomic mass is 35.5. The van der Waals surface area contributed by atoms with E-state index >= 15 is 0 Å². The van der Waals surface area contributed by atoms with Crippen LogP contribution in [0.4, 0.5) is 0 Å². The number of aliphatic hydroxyl groups is 1. The molecule has 0 heterocycles. The van der Waals surface area contributed by atoms with Crippen LogP contribution in [-0.2, 0) is 5.60 Å². The zero-order valence-electron chi connectivity index (χ0n) is 11.2. The molecule has 0 radical (unpaired) electrons. The first-order chi connectivity index (χ1) is 8.46. The summed E-state index contributed by atoms with van der Waals surface area (Å²) in [5.41, 5.74) is 0.187. The normalized spacial score (nSPS) is 32.3. The fourth-order valence-electron chi connectivity index (χ4n) is 2.80. The Morgan fingerprint density at radius 3 is 2.67 bits per heavy atom. The molecule has 2 rings (SSSR count). The Kier molecular flexibility index (Phi) is 3.88. The van der Waals surface area contributed by atoms with Gasteiger partial charge in [-0.05, 0) is 48.8 Å². The summed E-state index contributed by atoms with van der Waals surface area (Å²) in [6.45, 7) is 4.47. The molecule has 0 aliphatic heterocycles. The zero-order chi connectivity index (χ0) is 13.3. The maximum atomic E-state index is 10.8. The summed E-state index contributed by atoms with van der Waals surface area (Å²) in [5, 5.41) is 11.4. The summed E-state index contributed by atoms with van der Waals surface area (Å²) >= 11 is 6.03. The largest absolute Gasteiger partial charge is 0.495 e. The minimum absolute atomic E-state index is 0.533. The molecule has 1 aromatic rings. The lowest BCUT2D eigenvalue weighted by atomic mass is 9.70. The lowest BCUT2D eigenvalue weighted by molar-refractivity contribution is -0.0337. The minimum Gasteiger partial charge on any atom is -0.495 e. The SMILES string of the molecule is COc1cc(C2(O)CCC(C)C(C)C2)ccc1Cl. The van der Waals surface area contributed by atoms with E-state index in [4.69, 9.17) is 16.3 Å². The van der Waals surface area contributed by atoms with E-state index in [2.05, 4.69) is 13.8 Å². The van der Waals surface area contributed by atoms with Gasteiger partial charge in [0.2, 0.25) is 0 Å². The standard InChI is InChI=1S/C15H21ClO2/c1-10-6-7-15(17,9-11(10)2)12-4-5-13(16)14(8-12)18-3/h4-5,8,10-11,17H,6-7,9H2,1-3H3. The predicted octanol–water partition coefficient (Wildman–Crippen LogP) is 3.99. The highest BCUT2D eigenvalue weighted by molar-refractivity contribution is 6.32. The van der Waals surface area contributed by atoms with Gasteiger partial charge in [-0.2, -0.15) is 0 Å². The van der Waals surface area contributed by atoms with Crippen molar-refractivity contribution in [2.24, 2.45) is 11.8 Å². The van der Waals surface area contributed by atoms with Crippen molar-refractivity contribution in [2.75, 3.05) is 7.11 Å². The van der Waals surface area contributed by atoms with Crippen LogP contribution in [0.1, 0.15) is 38.7 Å². The summed E-state index contributed by atoms with van der Waals surface area (Å²) in [6, 6.07) is 5.58. The molecule has 0 amide bonds. The molecule has 1 aromatic carbocycles. The van der Waals surface area contributed by atoms with Crippen molar-refractivity contribution in [3.05, 3.63) is 28.8 Å². The Morgan fingerprint density at radius 1 is 1.33 bits per heavy atom. The topological polar surface area (TPSA) is 29.5 Å². The van der Waals surface area contributed by atoms with Gasteiger partial charge in [0.05, 0.1) is 17.7 Å². The fourth-order valence-corrected chi connectivity index (χ4v) is 2.99. The molecule has 1 N–H and O–H groups in total. The maximum absolute atomic E-state index is 10.8. The Morgan fingerprint density at radius 2 is 2.06 bits per heavy atom. The number of methoxy groups -OCH3 is 1. The van der Waals surface area contributed by atoms with Crippen molar-refractivity contribution in [3.63, 3.8) is 0 Å². The summed E-state index contributed by atoms with van der Waals surface area (Å²) in [5.74, 6) is 1.85. The van der Waals surface area contributed by atoms with Gasteiger partial charge in [-0.3, -0.25) is 0 Å². The van der Waals surface area contributed by atoms with Crippen LogP contribution in [0.3, 0.4) is 0 Å². The van der Waals surface area contributed by atoms with Gasteiger partial charge in [0, 0.05) is 0 Å². The minimum atomic E-state index is -0.732. The van der Waals surface area contributed by atoms with Gasteiger partial charge in [0.1, 0.15) is 5.75 Å². The van der Waals surface area contributed by atoms with Crippen LogP contribution in [0.5, 0.6) is 5.75 Å². The fraction of sp³-hybridized carbons (Fsp3) is 0.600. The average molecular weight is 269 g/mol. The summed E-state index contributed by atoms with van der Waals surface area (Å²) < 4.78 is 5.23. The molecule has 1 saturated carbocycles. The van der Waals surface area contributed by atoms with Crippen LogP contribution in [0.15, 0.2) is 18.2 Å². The molecule has 1 fully saturated rings. The van der Waals surface area contributed by atoms with Gasteiger partial charge in [0.15, 0.2) is 0 Å². The summed E-state index contributed by atoms with van der Waals surface area (Å²) in [7, 11) is 1.60. The van der Waals surface area contributed by atoms with E-state index in [9.17, 15) is 5.11 Å². The second-order valence-electron chi connectivity index (χ2n) is 5.58. The van der Waals surface area contributed by atoms with Crippen molar-refractivity contribution >= 4 is 11.6 Å². The van der Waals surface area contributed by atoms with E-state index in [1.807, 2.05) is 12.1 Å². The van der Waals surface area contributed by atoms with Gasteiger partial charge in [-0.25, -0.2) is 0 Å². The van der Waals surface area contributed by atoms with E-state index in [0.29, 0.717) is 22.6 Å². The van der Waals surface area contributed by atoms with Crippen LogP contribution in [0.25, 0.3) is 0 Å². The quantitative estimate of drug-likeness (QED) is 0.879. The van der Waals surface area contributed by atoms with Crippen LogP contribution in [-0.4, -0.2) is 12.2 Å². The number of halogens is 1. The summed E-state index contributed by atoms with van der Waals surface area (Å²) in [4.78, 5) is 0.